The van der Waals surface area contributed by atoms with Crippen LogP contribution in [0.15, 0.2) is 27.5 Å². The van der Waals surface area contributed by atoms with Crippen molar-refractivity contribution in [1.82, 2.24) is 14.3 Å². The number of sulfone groups is 1. The van der Waals surface area contributed by atoms with Crippen LogP contribution in [-0.4, -0.2) is 29.0 Å². The zero-order chi connectivity index (χ0) is 13.3. The number of aryl methyl sites for hydroxylation is 2. The third-order valence-corrected chi connectivity index (χ3v) is 4.51. The lowest BCUT2D eigenvalue weighted by atomic mass is 10.5. The largest absolute Gasteiger partial charge is 0.307 e. The zero-order valence-electron chi connectivity index (χ0n) is 10.0. The van der Waals surface area contributed by atoms with E-state index in [4.69, 9.17) is 0 Å². The molecule has 0 aliphatic heterocycles. The van der Waals surface area contributed by atoms with Gasteiger partial charge in [-0.25, -0.2) is 8.42 Å². The summed E-state index contributed by atoms with van der Waals surface area (Å²) in [4.78, 5) is 11.7. The number of aromatic nitrogens is 3. The van der Waals surface area contributed by atoms with Gasteiger partial charge < -0.3 is 4.57 Å². The van der Waals surface area contributed by atoms with Crippen LogP contribution < -0.4 is 4.87 Å². The lowest BCUT2D eigenvalue weighted by Gasteiger charge is -2.04. The lowest BCUT2D eigenvalue weighted by Crippen LogP contribution is -2.18. The topological polar surface area (TPSA) is 74.0 Å². The minimum atomic E-state index is -3.22. The SMILES string of the molecule is Cc1csc(=O)n1CCn1cc(S(C)(=O)=O)cn1. The van der Waals surface area contributed by atoms with E-state index in [2.05, 4.69) is 5.10 Å². The molecule has 0 saturated carbocycles. The van der Waals surface area contributed by atoms with Crippen molar-refractivity contribution in [1.29, 1.82) is 0 Å². The van der Waals surface area contributed by atoms with Crippen molar-refractivity contribution >= 4 is 21.2 Å². The van der Waals surface area contributed by atoms with Crippen LogP contribution in [0.5, 0.6) is 0 Å². The summed E-state index contributed by atoms with van der Waals surface area (Å²) < 4.78 is 25.7. The van der Waals surface area contributed by atoms with Gasteiger partial charge in [0.05, 0.1) is 12.7 Å². The standard InChI is InChI=1S/C10H13N3O3S2/c1-8-7-17-10(14)13(8)4-3-12-6-9(5-11-12)18(2,15)16/h5-7H,3-4H2,1-2H3. The Morgan fingerprint density at radius 3 is 2.61 bits per heavy atom. The fourth-order valence-corrected chi connectivity index (χ4v) is 2.85. The fourth-order valence-electron chi connectivity index (χ4n) is 1.54. The van der Waals surface area contributed by atoms with Crippen LogP contribution in [-0.2, 0) is 22.9 Å². The van der Waals surface area contributed by atoms with Gasteiger partial charge in [0.15, 0.2) is 9.84 Å². The molecular weight excluding hydrogens is 274 g/mol. The van der Waals surface area contributed by atoms with E-state index in [-0.39, 0.29) is 9.77 Å². The van der Waals surface area contributed by atoms with Gasteiger partial charge in [0.25, 0.3) is 0 Å². The molecule has 98 valence electrons. The molecule has 6 nitrogen and oxygen atoms in total. The molecule has 8 heteroatoms. The molecule has 0 aromatic carbocycles. The summed E-state index contributed by atoms with van der Waals surface area (Å²) in [6.45, 7) is 2.81. The first kappa shape index (κ1) is 13.0. The summed E-state index contributed by atoms with van der Waals surface area (Å²) in [7, 11) is -3.22. The van der Waals surface area contributed by atoms with Gasteiger partial charge in [-0.15, -0.1) is 0 Å². The van der Waals surface area contributed by atoms with Gasteiger partial charge in [-0.1, -0.05) is 11.3 Å². The number of nitrogens with zero attached hydrogens (tertiary/aromatic N) is 3. The Labute approximate surface area is 108 Å². The molecule has 0 unspecified atom stereocenters. The normalized spacial score (nSPS) is 11.9. The van der Waals surface area contributed by atoms with Crippen molar-refractivity contribution in [3.63, 3.8) is 0 Å². The first-order chi connectivity index (χ1) is 8.38. The van der Waals surface area contributed by atoms with Crippen molar-refractivity contribution in [3.05, 3.63) is 33.1 Å². The molecule has 0 saturated heterocycles. The van der Waals surface area contributed by atoms with Gasteiger partial charge in [0, 0.05) is 30.1 Å². The maximum Gasteiger partial charge on any atom is 0.307 e. The van der Waals surface area contributed by atoms with Gasteiger partial charge >= 0.3 is 4.87 Å². The third-order valence-electron chi connectivity index (χ3n) is 2.57. The van der Waals surface area contributed by atoms with Crippen molar-refractivity contribution < 1.29 is 8.42 Å². The van der Waals surface area contributed by atoms with Crippen LogP contribution >= 0.6 is 11.3 Å². The van der Waals surface area contributed by atoms with E-state index in [1.807, 2.05) is 6.92 Å². The van der Waals surface area contributed by atoms with Crippen LogP contribution in [0.2, 0.25) is 0 Å². The third kappa shape index (κ3) is 2.70. The van der Waals surface area contributed by atoms with Crippen LogP contribution in [0.25, 0.3) is 0 Å². The highest BCUT2D eigenvalue weighted by Gasteiger charge is 2.10. The maximum atomic E-state index is 11.5. The molecule has 0 spiro atoms. The Balaban J connectivity index is 2.12. The Morgan fingerprint density at radius 2 is 2.11 bits per heavy atom. The van der Waals surface area contributed by atoms with Crippen LogP contribution in [0.1, 0.15) is 5.69 Å². The summed E-state index contributed by atoms with van der Waals surface area (Å²) in [5, 5.41) is 5.77. The second-order valence-corrected chi connectivity index (χ2v) is 6.84. The summed E-state index contributed by atoms with van der Waals surface area (Å²) >= 11 is 1.16. The smallest absolute Gasteiger partial charge is 0.301 e. The van der Waals surface area contributed by atoms with Gasteiger partial charge in [-0.3, -0.25) is 9.48 Å². The molecule has 0 fully saturated rings. The van der Waals surface area contributed by atoms with E-state index < -0.39 is 9.84 Å². The van der Waals surface area contributed by atoms with E-state index >= 15 is 0 Å². The van der Waals surface area contributed by atoms with E-state index in [0.29, 0.717) is 13.1 Å². The fraction of sp³-hybridized carbons (Fsp3) is 0.400. The molecule has 0 amide bonds. The highest BCUT2D eigenvalue weighted by Crippen LogP contribution is 2.07. The number of thiazole rings is 1. The lowest BCUT2D eigenvalue weighted by molar-refractivity contribution is 0.522. The minimum Gasteiger partial charge on any atom is -0.301 e. The van der Waals surface area contributed by atoms with E-state index in [9.17, 15) is 13.2 Å². The van der Waals surface area contributed by atoms with Crippen molar-refractivity contribution in [2.45, 2.75) is 24.9 Å². The van der Waals surface area contributed by atoms with Crippen LogP contribution in [0, 0.1) is 6.92 Å². The van der Waals surface area contributed by atoms with Gasteiger partial charge in [0.2, 0.25) is 0 Å². The molecule has 18 heavy (non-hydrogen) atoms. The highest BCUT2D eigenvalue weighted by molar-refractivity contribution is 7.90. The average molecular weight is 287 g/mol. The molecule has 0 radical (unpaired) electrons. The molecule has 0 aliphatic rings. The Bertz CT molecular complexity index is 709. The van der Waals surface area contributed by atoms with Crippen molar-refractivity contribution in [2.24, 2.45) is 0 Å². The monoisotopic (exact) mass is 287 g/mol. The molecule has 0 bridgehead atoms. The Hall–Kier alpha value is -1.41. The number of rotatable bonds is 4. The van der Waals surface area contributed by atoms with Gasteiger partial charge in [-0.05, 0) is 6.92 Å². The summed E-state index contributed by atoms with van der Waals surface area (Å²) in [6, 6.07) is 0. The second kappa shape index (κ2) is 4.69. The number of hydrogen-bond acceptors (Lipinski definition) is 5. The van der Waals surface area contributed by atoms with E-state index in [0.717, 1.165) is 23.3 Å². The summed E-state index contributed by atoms with van der Waals surface area (Å²) in [6.07, 6.45) is 3.93. The molecule has 2 heterocycles. The maximum absolute atomic E-state index is 11.5. The second-order valence-electron chi connectivity index (χ2n) is 4.01. The van der Waals surface area contributed by atoms with E-state index in [1.165, 1.54) is 17.1 Å². The molecule has 0 N–H and O–H groups in total. The highest BCUT2D eigenvalue weighted by atomic mass is 32.2. The predicted octanol–water partition coefficient (Wildman–Crippen LogP) is 0.518. The summed E-state index contributed by atoms with van der Waals surface area (Å²) in [5.41, 5.74) is 0.903. The minimum absolute atomic E-state index is 0.0111. The molecule has 0 aliphatic carbocycles. The quantitative estimate of drug-likeness (QED) is 0.821. The Morgan fingerprint density at radius 1 is 1.39 bits per heavy atom. The van der Waals surface area contributed by atoms with Gasteiger partial charge in [0.1, 0.15) is 4.90 Å². The van der Waals surface area contributed by atoms with Crippen molar-refractivity contribution in [2.75, 3.05) is 6.26 Å². The van der Waals surface area contributed by atoms with Crippen LogP contribution in [0.4, 0.5) is 0 Å². The van der Waals surface area contributed by atoms with Crippen LogP contribution in [0.3, 0.4) is 0 Å². The molecule has 2 rings (SSSR count). The molecular formula is C10H13N3O3S2. The predicted molar refractivity (Wildman–Crippen MR) is 68.7 cm³/mol. The molecule has 0 atom stereocenters. The summed E-state index contributed by atoms with van der Waals surface area (Å²) in [5.74, 6) is 0. The average Bonchev–Trinajstić information content (AvgIpc) is 2.84. The van der Waals surface area contributed by atoms with Gasteiger partial charge in [-0.2, -0.15) is 5.10 Å². The Kier molecular flexibility index (Phi) is 3.40. The first-order valence-corrected chi connectivity index (χ1v) is 8.02. The van der Waals surface area contributed by atoms with Crippen molar-refractivity contribution in [3.8, 4) is 0 Å². The molecule has 2 aromatic heterocycles. The number of hydrogen-bond donors (Lipinski definition) is 0. The van der Waals surface area contributed by atoms with E-state index in [1.54, 1.807) is 9.95 Å². The zero-order valence-corrected chi connectivity index (χ0v) is 11.7. The molecule has 2 aromatic rings. The first-order valence-electron chi connectivity index (χ1n) is 5.25.